The van der Waals surface area contributed by atoms with Gasteiger partial charge in [0.15, 0.2) is 0 Å². The molecule has 1 aromatic heterocycles. The van der Waals surface area contributed by atoms with Crippen molar-refractivity contribution in [1.82, 2.24) is 10.3 Å². The van der Waals surface area contributed by atoms with Gasteiger partial charge in [-0.1, -0.05) is 0 Å². The summed E-state index contributed by atoms with van der Waals surface area (Å²) in [7, 11) is 0. The molecule has 0 amide bonds. The number of halogens is 1. The molecule has 17 heavy (non-hydrogen) atoms. The van der Waals surface area contributed by atoms with Crippen LogP contribution < -0.4 is 10.6 Å². The van der Waals surface area contributed by atoms with Crippen LogP contribution in [0.3, 0.4) is 0 Å². The molecule has 6 nitrogen and oxygen atoms in total. The van der Waals surface area contributed by atoms with Gasteiger partial charge in [0.25, 0.3) is 0 Å². The molecule has 1 aliphatic heterocycles. The van der Waals surface area contributed by atoms with Gasteiger partial charge in [-0.05, 0) is 35.8 Å². The predicted octanol–water partition coefficient (Wildman–Crippen LogP) is 1.92. The topological polar surface area (TPSA) is 80.1 Å². The fraction of sp³-hybridized carbons (Fsp3) is 0.500. The van der Waals surface area contributed by atoms with E-state index in [0.717, 1.165) is 19.5 Å². The Morgan fingerprint density at radius 3 is 3.06 bits per heavy atom. The molecule has 1 unspecified atom stereocenters. The van der Waals surface area contributed by atoms with Crippen LogP contribution >= 0.6 is 15.9 Å². The van der Waals surface area contributed by atoms with Gasteiger partial charge in [-0.3, -0.25) is 10.1 Å². The number of aromatic nitrogens is 1. The van der Waals surface area contributed by atoms with Crippen molar-refractivity contribution in [2.45, 2.75) is 18.9 Å². The number of nitro groups is 1. The van der Waals surface area contributed by atoms with Crippen molar-refractivity contribution in [3.63, 3.8) is 0 Å². The Kier molecular flexibility index (Phi) is 3.30. The first kappa shape index (κ1) is 12.3. The van der Waals surface area contributed by atoms with E-state index >= 15 is 0 Å². The highest BCUT2D eigenvalue weighted by Crippen LogP contribution is 2.29. The average Bonchev–Trinajstić information content (AvgIpc) is 2.67. The Labute approximate surface area is 107 Å². The molecular formula is C10H13BrN4O2. The largest absolute Gasteiger partial charge is 0.358 e. The summed E-state index contributed by atoms with van der Waals surface area (Å²) in [6, 6.07) is 1.46. The van der Waals surface area contributed by atoms with Crippen LogP contribution in [0.5, 0.6) is 0 Å². The van der Waals surface area contributed by atoms with Gasteiger partial charge in [0, 0.05) is 28.8 Å². The monoisotopic (exact) mass is 300 g/mol. The summed E-state index contributed by atoms with van der Waals surface area (Å²) in [4.78, 5) is 14.6. The molecule has 7 heteroatoms. The molecule has 2 heterocycles. The van der Waals surface area contributed by atoms with E-state index in [-0.39, 0.29) is 11.2 Å². The SMILES string of the molecule is CC1(Nc2ncc(Br)cc2[N+](=O)[O-])CCNC1. The number of anilines is 1. The highest BCUT2D eigenvalue weighted by molar-refractivity contribution is 9.10. The summed E-state index contributed by atoms with van der Waals surface area (Å²) in [5.74, 6) is 0.324. The Hall–Kier alpha value is -1.21. The normalized spacial score (nSPS) is 23.6. The second kappa shape index (κ2) is 4.58. The number of rotatable bonds is 3. The Balaban J connectivity index is 2.28. The van der Waals surface area contributed by atoms with Crippen LogP contribution in [0.1, 0.15) is 13.3 Å². The van der Waals surface area contributed by atoms with Crippen molar-refractivity contribution in [3.8, 4) is 0 Å². The first-order valence-corrected chi connectivity index (χ1v) is 6.08. The molecule has 2 N–H and O–H groups in total. The van der Waals surface area contributed by atoms with Crippen molar-refractivity contribution in [1.29, 1.82) is 0 Å². The second-order valence-electron chi connectivity index (χ2n) is 4.39. The first-order valence-electron chi connectivity index (χ1n) is 5.29. The lowest BCUT2D eigenvalue weighted by Gasteiger charge is -2.24. The number of pyridine rings is 1. The van der Waals surface area contributed by atoms with E-state index in [1.807, 2.05) is 6.92 Å². The maximum absolute atomic E-state index is 10.9. The van der Waals surface area contributed by atoms with E-state index in [9.17, 15) is 10.1 Å². The molecule has 1 saturated heterocycles. The van der Waals surface area contributed by atoms with E-state index in [4.69, 9.17) is 0 Å². The molecule has 0 spiro atoms. The molecule has 92 valence electrons. The third-order valence-electron chi connectivity index (χ3n) is 2.82. The Bertz CT molecular complexity index is 446. The number of nitrogens with one attached hydrogen (secondary N) is 2. The van der Waals surface area contributed by atoms with E-state index < -0.39 is 4.92 Å². The standard InChI is InChI=1S/C10H13BrN4O2/c1-10(2-3-12-6-10)14-9-8(15(16)17)4-7(11)5-13-9/h4-5,12H,2-3,6H2,1H3,(H,13,14). The molecule has 0 radical (unpaired) electrons. The number of hydrogen-bond donors (Lipinski definition) is 2. The fourth-order valence-electron chi connectivity index (χ4n) is 1.87. The summed E-state index contributed by atoms with van der Waals surface area (Å²) in [6.45, 7) is 3.72. The molecule has 1 atom stereocenters. The highest BCUT2D eigenvalue weighted by atomic mass is 79.9. The zero-order valence-electron chi connectivity index (χ0n) is 9.36. The lowest BCUT2D eigenvalue weighted by atomic mass is 10.0. The third-order valence-corrected chi connectivity index (χ3v) is 3.25. The predicted molar refractivity (Wildman–Crippen MR) is 68.1 cm³/mol. The molecule has 0 bridgehead atoms. The summed E-state index contributed by atoms with van der Waals surface area (Å²) in [5.41, 5.74) is -0.182. The zero-order valence-corrected chi connectivity index (χ0v) is 11.0. The van der Waals surface area contributed by atoms with Crippen LogP contribution in [0, 0.1) is 10.1 Å². The Morgan fingerprint density at radius 2 is 2.47 bits per heavy atom. The number of hydrogen-bond acceptors (Lipinski definition) is 5. The number of nitrogens with zero attached hydrogens (tertiary/aromatic N) is 2. The lowest BCUT2D eigenvalue weighted by Crippen LogP contribution is -2.37. The first-order chi connectivity index (χ1) is 8.00. The van der Waals surface area contributed by atoms with Crippen molar-refractivity contribution in [3.05, 3.63) is 26.9 Å². The summed E-state index contributed by atoms with van der Waals surface area (Å²) >= 11 is 3.18. The molecule has 1 aromatic rings. The van der Waals surface area contributed by atoms with Crippen molar-refractivity contribution < 1.29 is 4.92 Å². The lowest BCUT2D eigenvalue weighted by molar-refractivity contribution is -0.384. The van der Waals surface area contributed by atoms with E-state index in [1.165, 1.54) is 6.07 Å². The van der Waals surface area contributed by atoms with Gasteiger partial charge in [-0.25, -0.2) is 4.98 Å². The molecule has 1 aliphatic rings. The highest BCUT2D eigenvalue weighted by Gasteiger charge is 2.31. The quantitative estimate of drug-likeness (QED) is 0.658. The minimum atomic E-state index is -0.425. The average molecular weight is 301 g/mol. The molecule has 2 rings (SSSR count). The van der Waals surface area contributed by atoms with Gasteiger partial charge in [-0.2, -0.15) is 0 Å². The maximum atomic E-state index is 10.9. The fourth-order valence-corrected chi connectivity index (χ4v) is 2.19. The summed E-state index contributed by atoms with van der Waals surface area (Å²) in [6.07, 6.45) is 2.48. The van der Waals surface area contributed by atoms with Crippen LogP contribution in [-0.2, 0) is 0 Å². The van der Waals surface area contributed by atoms with Crippen molar-refractivity contribution in [2.24, 2.45) is 0 Å². The van der Waals surface area contributed by atoms with Crippen LogP contribution in [0.15, 0.2) is 16.7 Å². The molecule has 0 aliphatic carbocycles. The minimum Gasteiger partial charge on any atom is -0.358 e. The molecule has 0 saturated carbocycles. The summed E-state index contributed by atoms with van der Waals surface area (Å²) in [5, 5.41) is 17.3. The van der Waals surface area contributed by atoms with Gasteiger partial charge in [-0.15, -0.1) is 0 Å². The van der Waals surface area contributed by atoms with Crippen LogP contribution in [-0.4, -0.2) is 28.5 Å². The van der Waals surface area contributed by atoms with Gasteiger partial charge in [0.1, 0.15) is 0 Å². The van der Waals surface area contributed by atoms with E-state index in [0.29, 0.717) is 10.3 Å². The smallest absolute Gasteiger partial charge is 0.312 e. The Morgan fingerprint density at radius 1 is 1.71 bits per heavy atom. The second-order valence-corrected chi connectivity index (χ2v) is 5.31. The molecule has 0 aromatic carbocycles. The van der Waals surface area contributed by atoms with Gasteiger partial charge in [0.2, 0.25) is 5.82 Å². The van der Waals surface area contributed by atoms with Crippen molar-refractivity contribution >= 4 is 27.4 Å². The van der Waals surface area contributed by atoms with Crippen LogP contribution in [0.2, 0.25) is 0 Å². The minimum absolute atomic E-state index is 0.00694. The van der Waals surface area contributed by atoms with Crippen LogP contribution in [0.4, 0.5) is 11.5 Å². The van der Waals surface area contributed by atoms with Gasteiger partial charge >= 0.3 is 5.69 Å². The van der Waals surface area contributed by atoms with E-state index in [1.54, 1.807) is 6.20 Å². The van der Waals surface area contributed by atoms with E-state index in [2.05, 4.69) is 31.5 Å². The van der Waals surface area contributed by atoms with Crippen molar-refractivity contribution in [2.75, 3.05) is 18.4 Å². The van der Waals surface area contributed by atoms with Crippen LogP contribution in [0.25, 0.3) is 0 Å². The van der Waals surface area contributed by atoms with Gasteiger partial charge < -0.3 is 10.6 Å². The molecular weight excluding hydrogens is 288 g/mol. The third kappa shape index (κ3) is 2.73. The summed E-state index contributed by atoms with van der Waals surface area (Å²) < 4.78 is 0.601. The maximum Gasteiger partial charge on any atom is 0.312 e. The van der Waals surface area contributed by atoms with Gasteiger partial charge in [0.05, 0.1) is 4.92 Å². The zero-order chi connectivity index (χ0) is 12.5. The molecule has 1 fully saturated rings.